The molecule has 0 atom stereocenters. The number of anilines is 2. The van der Waals surface area contributed by atoms with Crippen LogP contribution in [0.5, 0.6) is 0 Å². The van der Waals surface area contributed by atoms with Gasteiger partial charge in [0.2, 0.25) is 5.91 Å². The van der Waals surface area contributed by atoms with Crippen LogP contribution in [0.3, 0.4) is 0 Å². The van der Waals surface area contributed by atoms with Gasteiger partial charge < -0.3 is 10.2 Å². The van der Waals surface area contributed by atoms with Crippen molar-refractivity contribution in [2.45, 2.75) is 19.0 Å². The molecule has 1 saturated heterocycles. The molecule has 0 saturated carbocycles. The SMILES string of the molecule is Cn1ccc(NC(=O)C2CCN(c3ccc(C(F)(F)F)cc3[N+](=O)[O-])CC2)n1. The number of nitrogens with one attached hydrogen (secondary N) is 1. The Morgan fingerprint density at radius 1 is 1.29 bits per heavy atom. The van der Waals surface area contributed by atoms with Gasteiger partial charge in [-0.15, -0.1) is 0 Å². The predicted molar refractivity (Wildman–Crippen MR) is 94.9 cm³/mol. The maximum atomic E-state index is 12.8. The molecule has 0 spiro atoms. The maximum absolute atomic E-state index is 12.8. The lowest BCUT2D eigenvalue weighted by Gasteiger charge is -2.32. The van der Waals surface area contributed by atoms with Crippen LogP contribution in [0.25, 0.3) is 0 Å². The minimum atomic E-state index is -4.65. The monoisotopic (exact) mass is 397 g/mol. The van der Waals surface area contributed by atoms with Crippen LogP contribution in [0, 0.1) is 16.0 Å². The summed E-state index contributed by atoms with van der Waals surface area (Å²) in [7, 11) is 1.73. The van der Waals surface area contributed by atoms with Gasteiger partial charge in [0, 0.05) is 44.4 Å². The molecule has 0 unspecified atom stereocenters. The zero-order chi connectivity index (χ0) is 20.5. The van der Waals surface area contributed by atoms with Gasteiger partial charge in [-0.1, -0.05) is 0 Å². The van der Waals surface area contributed by atoms with Crippen LogP contribution < -0.4 is 10.2 Å². The van der Waals surface area contributed by atoms with Gasteiger partial charge in [-0.2, -0.15) is 18.3 Å². The molecule has 28 heavy (non-hydrogen) atoms. The Morgan fingerprint density at radius 2 is 1.96 bits per heavy atom. The van der Waals surface area contributed by atoms with Gasteiger partial charge in [0.1, 0.15) is 5.69 Å². The first kappa shape index (κ1) is 19.6. The van der Waals surface area contributed by atoms with Gasteiger partial charge in [-0.05, 0) is 25.0 Å². The van der Waals surface area contributed by atoms with E-state index in [4.69, 9.17) is 0 Å². The van der Waals surface area contributed by atoms with Crippen molar-refractivity contribution in [3.05, 3.63) is 46.1 Å². The maximum Gasteiger partial charge on any atom is 0.416 e. The summed E-state index contributed by atoms with van der Waals surface area (Å²) >= 11 is 0. The van der Waals surface area contributed by atoms with Crippen molar-refractivity contribution in [2.24, 2.45) is 13.0 Å². The normalized spacial score (nSPS) is 15.5. The lowest BCUT2D eigenvalue weighted by molar-refractivity contribution is -0.384. The molecular formula is C17H18F3N5O3. The summed E-state index contributed by atoms with van der Waals surface area (Å²) < 4.78 is 40.1. The van der Waals surface area contributed by atoms with E-state index in [-0.39, 0.29) is 17.5 Å². The zero-order valence-corrected chi connectivity index (χ0v) is 14.9. The molecule has 0 radical (unpaired) electrons. The number of nitrogens with zero attached hydrogens (tertiary/aromatic N) is 4. The Morgan fingerprint density at radius 3 is 2.50 bits per heavy atom. The molecule has 11 heteroatoms. The van der Waals surface area contributed by atoms with Crippen molar-refractivity contribution in [1.82, 2.24) is 9.78 Å². The highest BCUT2D eigenvalue weighted by molar-refractivity contribution is 5.91. The van der Waals surface area contributed by atoms with Gasteiger partial charge in [0.15, 0.2) is 5.82 Å². The van der Waals surface area contributed by atoms with Crippen LogP contribution in [0.2, 0.25) is 0 Å². The van der Waals surface area contributed by atoms with E-state index in [2.05, 4.69) is 10.4 Å². The number of amides is 1. The molecule has 1 N–H and O–H groups in total. The molecule has 3 rings (SSSR count). The third kappa shape index (κ3) is 4.24. The summed E-state index contributed by atoms with van der Waals surface area (Å²) in [5.41, 5.74) is -1.53. The number of benzene rings is 1. The number of carbonyl (C=O) groups is 1. The van der Waals surface area contributed by atoms with Gasteiger partial charge >= 0.3 is 6.18 Å². The van der Waals surface area contributed by atoms with Crippen LogP contribution in [0.4, 0.5) is 30.4 Å². The minimum Gasteiger partial charge on any atom is -0.366 e. The first-order valence-corrected chi connectivity index (χ1v) is 8.56. The first-order chi connectivity index (χ1) is 13.1. The molecule has 2 heterocycles. The fraction of sp³-hybridized carbons (Fsp3) is 0.412. The largest absolute Gasteiger partial charge is 0.416 e. The third-order valence-corrected chi connectivity index (χ3v) is 4.67. The number of rotatable bonds is 4. The Balaban J connectivity index is 1.69. The highest BCUT2D eigenvalue weighted by Crippen LogP contribution is 2.37. The molecule has 0 aliphatic carbocycles. The molecular weight excluding hydrogens is 379 g/mol. The van der Waals surface area contributed by atoms with Gasteiger partial charge in [0.25, 0.3) is 5.69 Å². The van der Waals surface area contributed by atoms with E-state index >= 15 is 0 Å². The van der Waals surface area contributed by atoms with Crippen molar-refractivity contribution in [3.8, 4) is 0 Å². The smallest absolute Gasteiger partial charge is 0.366 e. The van der Waals surface area contributed by atoms with E-state index in [0.717, 1.165) is 12.1 Å². The minimum absolute atomic E-state index is 0.126. The standard InChI is InChI=1S/C17H18F3N5O3/c1-23-7-6-15(22-23)21-16(26)11-4-8-24(9-5-11)13-3-2-12(17(18,19)20)10-14(13)25(27)28/h2-3,6-7,10-11H,4-5,8-9H2,1H3,(H,21,22,26). The number of nitro groups is 1. The van der Waals surface area contributed by atoms with Crippen LogP contribution >= 0.6 is 0 Å². The average Bonchev–Trinajstić information content (AvgIpc) is 3.05. The first-order valence-electron chi connectivity index (χ1n) is 8.56. The molecule has 0 bridgehead atoms. The van der Waals surface area contributed by atoms with Crippen molar-refractivity contribution >= 4 is 23.1 Å². The number of aromatic nitrogens is 2. The number of nitro benzene ring substituents is 1. The zero-order valence-electron chi connectivity index (χ0n) is 14.9. The van der Waals surface area contributed by atoms with Gasteiger partial charge in [-0.25, -0.2) is 0 Å². The fourth-order valence-electron chi connectivity index (χ4n) is 3.21. The Labute approximate surface area is 158 Å². The fourth-order valence-corrected chi connectivity index (χ4v) is 3.21. The average molecular weight is 397 g/mol. The molecule has 1 amide bonds. The topological polar surface area (TPSA) is 93.3 Å². The van der Waals surface area contributed by atoms with Crippen LogP contribution in [-0.2, 0) is 18.0 Å². The molecule has 1 aromatic heterocycles. The molecule has 1 aliphatic rings. The number of hydrogen-bond acceptors (Lipinski definition) is 5. The van der Waals surface area contributed by atoms with Crippen LogP contribution in [0.15, 0.2) is 30.5 Å². The molecule has 1 aliphatic heterocycles. The van der Waals surface area contributed by atoms with E-state index in [0.29, 0.717) is 37.8 Å². The lowest BCUT2D eigenvalue weighted by Crippen LogP contribution is -2.38. The van der Waals surface area contributed by atoms with E-state index in [1.165, 1.54) is 0 Å². The van der Waals surface area contributed by atoms with Gasteiger partial charge in [-0.3, -0.25) is 19.6 Å². The number of carbonyl (C=O) groups excluding carboxylic acids is 1. The summed E-state index contributed by atoms with van der Waals surface area (Å²) in [4.78, 5) is 24.4. The second-order valence-corrected chi connectivity index (χ2v) is 6.58. The van der Waals surface area contributed by atoms with Crippen LogP contribution in [0.1, 0.15) is 18.4 Å². The molecule has 1 aromatic carbocycles. The highest BCUT2D eigenvalue weighted by Gasteiger charge is 2.35. The molecule has 8 nitrogen and oxygen atoms in total. The highest BCUT2D eigenvalue weighted by atomic mass is 19.4. The quantitative estimate of drug-likeness (QED) is 0.632. The van der Waals surface area contributed by atoms with Crippen molar-refractivity contribution in [1.29, 1.82) is 0 Å². The van der Waals surface area contributed by atoms with Gasteiger partial charge in [0.05, 0.1) is 10.5 Å². The summed E-state index contributed by atoms with van der Waals surface area (Å²) in [6, 6.07) is 4.17. The predicted octanol–water partition coefficient (Wildman–Crippen LogP) is 3.20. The van der Waals surface area contributed by atoms with Crippen molar-refractivity contribution < 1.29 is 22.9 Å². The third-order valence-electron chi connectivity index (χ3n) is 4.67. The van der Waals surface area contributed by atoms with Crippen molar-refractivity contribution in [2.75, 3.05) is 23.3 Å². The van der Waals surface area contributed by atoms with E-state index < -0.39 is 22.4 Å². The Kier molecular flexibility index (Phi) is 5.25. The summed E-state index contributed by atoms with van der Waals surface area (Å²) in [5.74, 6) is -0.0552. The Hall–Kier alpha value is -3.11. The molecule has 1 fully saturated rings. The summed E-state index contributed by atoms with van der Waals surface area (Å²) in [5, 5.41) is 18.1. The summed E-state index contributed by atoms with van der Waals surface area (Å²) in [6.45, 7) is 0.652. The molecule has 2 aromatic rings. The van der Waals surface area contributed by atoms with E-state index in [9.17, 15) is 28.1 Å². The summed E-state index contributed by atoms with van der Waals surface area (Å²) in [6.07, 6.45) is -2.10. The number of halogens is 3. The Bertz CT molecular complexity index is 888. The molecule has 150 valence electrons. The second-order valence-electron chi connectivity index (χ2n) is 6.58. The second kappa shape index (κ2) is 7.49. The number of alkyl halides is 3. The number of piperidine rings is 1. The van der Waals surface area contributed by atoms with Crippen molar-refractivity contribution in [3.63, 3.8) is 0 Å². The van der Waals surface area contributed by atoms with E-state index in [1.54, 1.807) is 28.9 Å². The lowest BCUT2D eigenvalue weighted by atomic mass is 9.95. The van der Waals surface area contributed by atoms with E-state index in [1.807, 2.05) is 0 Å². The van der Waals surface area contributed by atoms with Crippen LogP contribution in [-0.4, -0.2) is 33.7 Å². The number of hydrogen-bond donors (Lipinski definition) is 1. The number of aryl methyl sites for hydroxylation is 1.